The maximum atomic E-state index is 13.2. The number of hydrogen-bond acceptors (Lipinski definition) is 7. The molecule has 5 rings (SSSR count). The van der Waals surface area contributed by atoms with Gasteiger partial charge < -0.3 is 19.9 Å². The average Bonchev–Trinajstić information content (AvgIpc) is 3.44. The molecule has 0 radical (unpaired) electrons. The number of nitrogens with zero attached hydrogens (tertiary/aromatic N) is 4. The van der Waals surface area contributed by atoms with Crippen molar-refractivity contribution in [3.8, 4) is 21.0 Å². The van der Waals surface area contributed by atoms with Crippen molar-refractivity contribution in [2.24, 2.45) is 0 Å². The highest BCUT2D eigenvalue weighted by atomic mass is 32.1. The molecule has 1 aliphatic rings. The lowest BCUT2D eigenvalue weighted by Crippen LogP contribution is -2.50. The van der Waals surface area contributed by atoms with E-state index in [0.717, 1.165) is 26.7 Å². The van der Waals surface area contributed by atoms with Gasteiger partial charge in [-0.1, -0.05) is 36.4 Å². The Labute approximate surface area is 232 Å². The molecule has 9 heteroatoms. The first-order valence-electron chi connectivity index (χ1n) is 12.9. The van der Waals surface area contributed by atoms with Crippen molar-refractivity contribution >= 4 is 34.7 Å². The quantitative estimate of drug-likeness (QED) is 0.325. The molecule has 0 bridgehead atoms. The maximum absolute atomic E-state index is 13.2. The molecule has 0 unspecified atom stereocenters. The maximum Gasteiger partial charge on any atom is 0.410 e. The molecule has 39 heavy (non-hydrogen) atoms. The minimum Gasteiger partial charge on any atom is -0.444 e. The van der Waals surface area contributed by atoms with Gasteiger partial charge in [0.05, 0.1) is 28.1 Å². The topological polar surface area (TPSA) is 87.7 Å². The highest BCUT2D eigenvalue weighted by Crippen LogP contribution is 2.34. The number of carbonyl (C=O) groups excluding carboxylic acids is 2. The number of amides is 2. The largest absolute Gasteiger partial charge is 0.444 e. The van der Waals surface area contributed by atoms with Crippen LogP contribution >= 0.6 is 11.3 Å². The van der Waals surface area contributed by atoms with Crippen LogP contribution in [-0.2, 0) is 4.74 Å². The van der Waals surface area contributed by atoms with Gasteiger partial charge in [0.1, 0.15) is 11.3 Å². The second-order valence-corrected chi connectivity index (χ2v) is 11.3. The summed E-state index contributed by atoms with van der Waals surface area (Å²) in [6.07, 6.45) is 3.03. The molecule has 4 aromatic rings. The second kappa shape index (κ2) is 11.2. The number of piperazine rings is 1. The number of nitrogens with one attached hydrogen (secondary N) is 1. The monoisotopic (exact) mass is 541 g/mol. The summed E-state index contributed by atoms with van der Waals surface area (Å²) in [5.41, 5.74) is 3.15. The highest BCUT2D eigenvalue weighted by Gasteiger charge is 2.27. The van der Waals surface area contributed by atoms with Crippen molar-refractivity contribution in [3.05, 3.63) is 84.8 Å². The van der Waals surface area contributed by atoms with E-state index in [1.165, 1.54) is 0 Å². The van der Waals surface area contributed by atoms with Crippen LogP contribution in [-0.4, -0.2) is 58.6 Å². The number of rotatable bonds is 5. The zero-order chi connectivity index (χ0) is 27.4. The first-order chi connectivity index (χ1) is 18.8. The van der Waals surface area contributed by atoms with E-state index in [-0.39, 0.29) is 12.0 Å². The molecule has 0 saturated carbocycles. The van der Waals surface area contributed by atoms with Gasteiger partial charge >= 0.3 is 6.09 Å². The predicted octanol–water partition coefficient (Wildman–Crippen LogP) is 6.18. The Morgan fingerprint density at radius 2 is 1.64 bits per heavy atom. The fourth-order valence-electron chi connectivity index (χ4n) is 4.33. The number of hydrogen-bond donors (Lipinski definition) is 1. The highest BCUT2D eigenvalue weighted by molar-refractivity contribution is 7.18. The fourth-order valence-corrected chi connectivity index (χ4v) is 5.31. The van der Waals surface area contributed by atoms with Crippen LogP contribution in [0.5, 0.6) is 0 Å². The third-order valence-corrected chi connectivity index (χ3v) is 7.37. The van der Waals surface area contributed by atoms with E-state index in [0.29, 0.717) is 37.6 Å². The van der Waals surface area contributed by atoms with Gasteiger partial charge in [0.15, 0.2) is 0 Å². The van der Waals surface area contributed by atoms with Crippen LogP contribution in [0.2, 0.25) is 0 Å². The minimum atomic E-state index is -0.532. The number of anilines is 2. The Morgan fingerprint density at radius 1 is 0.897 bits per heavy atom. The van der Waals surface area contributed by atoms with Crippen molar-refractivity contribution in [1.82, 2.24) is 14.9 Å². The van der Waals surface area contributed by atoms with Gasteiger partial charge in [0.25, 0.3) is 5.91 Å². The zero-order valence-corrected chi connectivity index (χ0v) is 23.1. The molecule has 200 valence electrons. The van der Waals surface area contributed by atoms with E-state index < -0.39 is 5.60 Å². The molecule has 2 amide bonds. The lowest BCUT2D eigenvalue weighted by Gasteiger charge is -2.37. The van der Waals surface area contributed by atoms with Crippen molar-refractivity contribution in [3.63, 3.8) is 0 Å². The van der Waals surface area contributed by atoms with Crippen LogP contribution in [0.25, 0.3) is 21.0 Å². The van der Waals surface area contributed by atoms with Gasteiger partial charge in [-0.3, -0.25) is 9.78 Å². The summed E-state index contributed by atoms with van der Waals surface area (Å²) in [4.78, 5) is 40.6. The Bertz CT molecular complexity index is 1460. The van der Waals surface area contributed by atoms with Gasteiger partial charge in [-0.2, -0.15) is 0 Å². The summed E-state index contributed by atoms with van der Waals surface area (Å²) in [7, 11) is 0. The van der Waals surface area contributed by atoms with Gasteiger partial charge in [-0.05, 0) is 56.7 Å². The number of aromatic nitrogens is 2. The molecule has 3 aromatic heterocycles. The lowest BCUT2D eigenvalue weighted by molar-refractivity contribution is 0.0240. The minimum absolute atomic E-state index is 0.307. The average molecular weight is 542 g/mol. The SMILES string of the molecule is CC(C)(C)OC(=O)N1CCN(c2ccncc2NC(=O)c2cccc(-c3ccc(-c4ccccc4)s3)n2)CC1. The normalized spacial score (nSPS) is 13.7. The third kappa shape index (κ3) is 6.43. The van der Waals surface area contributed by atoms with E-state index >= 15 is 0 Å². The first kappa shape index (κ1) is 26.4. The summed E-state index contributed by atoms with van der Waals surface area (Å²) in [6, 6.07) is 21.7. The van der Waals surface area contributed by atoms with E-state index in [2.05, 4.69) is 38.4 Å². The van der Waals surface area contributed by atoms with Crippen LogP contribution in [0, 0.1) is 0 Å². The van der Waals surface area contributed by atoms with Crippen molar-refractivity contribution < 1.29 is 14.3 Å². The Kier molecular flexibility index (Phi) is 7.60. The van der Waals surface area contributed by atoms with Gasteiger partial charge in [-0.15, -0.1) is 11.3 Å². The molecule has 1 aliphatic heterocycles. The third-order valence-electron chi connectivity index (χ3n) is 6.22. The summed E-state index contributed by atoms with van der Waals surface area (Å²) in [5.74, 6) is -0.307. The van der Waals surface area contributed by atoms with Crippen molar-refractivity contribution in [2.75, 3.05) is 36.4 Å². The first-order valence-corrected chi connectivity index (χ1v) is 13.7. The van der Waals surface area contributed by atoms with Crippen LogP contribution in [0.1, 0.15) is 31.3 Å². The molecule has 1 aromatic carbocycles. The summed E-state index contributed by atoms with van der Waals surface area (Å²) < 4.78 is 5.50. The summed E-state index contributed by atoms with van der Waals surface area (Å²) in [6.45, 7) is 7.87. The van der Waals surface area contributed by atoms with Crippen LogP contribution in [0.4, 0.5) is 16.2 Å². The summed E-state index contributed by atoms with van der Waals surface area (Å²) in [5, 5.41) is 2.99. The molecule has 0 aliphatic carbocycles. The van der Waals surface area contributed by atoms with E-state index in [4.69, 9.17) is 4.74 Å². The van der Waals surface area contributed by atoms with E-state index in [9.17, 15) is 9.59 Å². The van der Waals surface area contributed by atoms with Crippen LogP contribution < -0.4 is 10.2 Å². The van der Waals surface area contributed by atoms with Gasteiger partial charge in [-0.25, -0.2) is 9.78 Å². The Hall–Kier alpha value is -4.24. The smallest absolute Gasteiger partial charge is 0.410 e. The number of thiophene rings is 1. The van der Waals surface area contributed by atoms with Crippen LogP contribution in [0.15, 0.2) is 79.1 Å². The lowest BCUT2D eigenvalue weighted by atomic mass is 10.2. The van der Waals surface area contributed by atoms with Crippen molar-refractivity contribution in [1.29, 1.82) is 0 Å². The number of pyridine rings is 2. The Balaban J connectivity index is 1.27. The zero-order valence-electron chi connectivity index (χ0n) is 22.3. The Morgan fingerprint density at radius 3 is 2.38 bits per heavy atom. The molecule has 0 atom stereocenters. The standard InChI is InChI=1S/C30H31N5O3S/c1-30(2,3)38-29(37)35-18-16-34(17-19-35)25-14-15-31-20-24(25)33-28(36)23-11-7-10-22(32-23)27-13-12-26(39-27)21-8-5-4-6-9-21/h4-15,20H,16-19H2,1-3H3,(H,33,36). The van der Waals surface area contributed by atoms with Crippen LogP contribution in [0.3, 0.4) is 0 Å². The van der Waals surface area contributed by atoms with Crippen molar-refractivity contribution in [2.45, 2.75) is 26.4 Å². The molecule has 1 saturated heterocycles. The van der Waals surface area contributed by atoms with E-state index in [1.54, 1.807) is 34.7 Å². The molecule has 4 heterocycles. The van der Waals surface area contributed by atoms with E-state index in [1.807, 2.05) is 63.2 Å². The molecular weight excluding hydrogens is 510 g/mol. The molecule has 0 spiro atoms. The predicted molar refractivity (Wildman–Crippen MR) is 155 cm³/mol. The molecule has 1 N–H and O–H groups in total. The number of carbonyl (C=O) groups is 2. The second-order valence-electron chi connectivity index (χ2n) is 10.2. The molecular formula is C30H31N5O3S. The summed E-state index contributed by atoms with van der Waals surface area (Å²) >= 11 is 1.64. The molecule has 1 fully saturated rings. The van der Waals surface area contributed by atoms with Gasteiger partial charge in [0, 0.05) is 37.3 Å². The van der Waals surface area contributed by atoms with Gasteiger partial charge in [0.2, 0.25) is 0 Å². The molecule has 8 nitrogen and oxygen atoms in total. The number of ether oxygens (including phenoxy) is 1. The number of benzene rings is 1. The fraction of sp³-hybridized carbons (Fsp3) is 0.267.